The molecule has 0 aliphatic rings. The first-order valence-corrected chi connectivity index (χ1v) is 4.69. The molecule has 0 bridgehead atoms. The summed E-state index contributed by atoms with van der Waals surface area (Å²) in [5, 5.41) is 0. The summed E-state index contributed by atoms with van der Waals surface area (Å²) in [7, 11) is -4.12. The van der Waals surface area contributed by atoms with Gasteiger partial charge in [-0.15, -0.1) is 0 Å². The van der Waals surface area contributed by atoms with Crippen LogP contribution in [0, 0.1) is 0 Å². The molecule has 65 valence electrons. The monoisotopic (exact) mass is 186 g/mol. The number of benzene rings is 1. The van der Waals surface area contributed by atoms with Crippen molar-refractivity contribution >= 4 is 10.1 Å². The molecule has 0 saturated carbocycles. The van der Waals surface area contributed by atoms with Crippen LogP contribution in [0.3, 0.4) is 0 Å². The smallest absolute Gasteiger partial charge is 0.282 e. The van der Waals surface area contributed by atoms with Gasteiger partial charge in [0.05, 0.1) is 4.90 Å². The van der Waals surface area contributed by atoms with Gasteiger partial charge in [0.15, 0.2) is 0 Å². The highest BCUT2D eigenvalue weighted by molar-refractivity contribution is 7.85. The van der Waals surface area contributed by atoms with Gasteiger partial charge < -0.3 is 0 Å². The molecule has 0 unspecified atom stereocenters. The van der Waals surface area contributed by atoms with E-state index in [4.69, 9.17) is 10.3 Å². The van der Waals surface area contributed by atoms with Crippen LogP contribution in [-0.4, -0.2) is 13.0 Å². The summed E-state index contributed by atoms with van der Waals surface area (Å²) in [5.74, 6) is 0. The standard InChI is InChI=1S/C7H8NO3S/c8-5-6-2-1-3-7(4-6)12(9,10)11/h1-4,8H,5H2,(H,9,10,11). The summed E-state index contributed by atoms with van der Waals surface area (Å²) >= 11 is 0. The summed E-state index contributed by atoms with van der Waals surface area (Å²) in [4.78, 5) is -0.160. The third-order valence-corrected chi connectivity index (χ3v) is 2.25. The van der Waals surface area contributed by atoms with Crippen molar-refractivity contribution in [2.24, 2.45) is 0 Å². The molecule has 1 radical (unpaired) electrons. The highest BCUT2D eigenvalue weighted by Gasteiger charge is 2.08. The Morgan fingerprint density at radius 3 is 2.58 bits per heavy atom. The van der Waals surface area contributed by atoms with Gasteiger partial charge in [-0.3, -0.25) is 10.3 Å². The Morgan fingerprint density at radius 1 is 1.42 bits per heavy atom. The SMILES string of the molecule is [NH]Cc1cccc(S(=O)(=O)O)c1. The molecule has 0 aliphatic heterocycles. The van der Waals surface area contributed by atoms with Gasteiger partial charge >= 0.3 is 0 Å². The predicted molar refractivity (Wildman–Crippen MR) is 43.1 cm³/mol. The second kappa shape index (κ2) is 3.22. The Balaban J connectivity index is 3.20. The fourth-order valence-electron chi connectivity index (χ4n) is 0.816. The summed E-state index contributed by atoms with van der Waals surface area (Å²) in [5.41, 5.74) is 7.53. The Kier molecular flexibility index (Phi) is 2.46. The number of hydrogen-bond donors (Lipinski definition) is 1. The van der Waals surface area contributed by atoms with E-state index in [0.717, 1.165) is 0 Å². The summed E-state index contributed by atoms with van der Waals surface area (Å²) in [6.45, 7) is 0.00333. The second-order valence-corrected chi connectivity index (χ2v) is 3.72. The molecule has 1 aromatic carbocycles. The molecule has 4 nitrogen and oxygen atoms in total. The molecule has 2 N–H and O–H groups in total. The van der Waals surface area contributed by atoms with Crippen LogP contribution in [0.2, 0.25) is 0 Å². The maximum absolute atomic E-state index is 10.6. The molecule has 1 aromatic rings. The zero-order chi connectivity index (χ0) is 9.19. The van der Waals surface area contributed by atoms with Crippen molar-refractivity contribution in [3.05, 3.63) is 29.8 Å². The Bertz CT molecular complexity index is 372. The number of nitrogens with one attached hydrogen (secondary N) is 1. The first-order chi connectivity index (χ1) is 5.54. The maximum Gasteiger partial charge on any atom is 0.294 e. The van der Waals surface area contributed by atoms with E-state index in [1.165, 1.54) is 18.2 Å². The van der Waals surface area contributed by atoms with Crippen molar-refractivity contribution in [3.8, 4) is 0 Å². The summed E-state index contributed by atoms with van der Waals surface area (Å²) in [6, 6.07) is 5.69. The molecule has 0 amide bonds. The van der Waals surface area contributed by atoms with Crippen LogP contribution >= 0.6 is 0 Å². The van der Waals surface area contributed by atoms with Crippen LogP contribution in [0.5, 0.6) is 0 Å². The lowest BCUT2D eigenvalue weighted by Gasteiger charge is -1.98. The van der Waals surface area contributed by atoms with E-state index in [1.54, 1.807) is 6.07 Å². The third kappa shape index (κ3) is 2.04. The molecule has 0 aromatic heterocycles. The summed E-state index contributed by atoms with van der Waals surface area (Å²) < 4.78 is 29.8. The molecule has 0 aliphatic carbocycles. The topological polar surface area (TPSA) is 78.2 Å². The Hall–Kier alpha value is -0.910. The van der Waals surface area contributed by atoms with E-state index in [2.05, 4.69) is 0 Å². The van der Waals surface area contributed by atoms with Crippen LogP contribution in [0.4, 0.5) is 0 Å². The maximum atomic E-state index is 10.6. The number of rotatable bonds is 2. The lowest BCUT2D eigenvalue weighted by Crippen LogP contribution is -1.98. The lowest BCUT2D eigenvalue weighted by molar-refractivity contribution is 0.483. The molecule has 0 atom stereocenters. The predicted octanol–water partition coefficient (Wildman–Crippen LogP) is 0.716. The van der Waals surface area contributed by atoms with Crippen LogP contribution in [0.25, 0.3) is 0 Å². The Labute approximate surface area is 70.8 Å². The highest BCUT2D eigenvalue weighted by Crippen LogP contribution is 2.10. The minimum atomic E-state index is -4.12. The molecule has 0 spiro atoms. The minimum absolute atomic E-state index is 0.00333. The molecule has 5 heteroatoms. The second-order valence-electron chi connectivity index (χ2n) is 2.30. The highest BCUT2D eigenvalue weighted by atomic mass is 32.2. The Morgan fingerprint density at radius 2 is 2.08 bits per heavy atom. The van der Waals surface area contributed by atoms with Gasteiger partial charge in [0, 0.05) is 6.54 Å². The van der Waals surface area contributed by atoms with E-state index >= 15 is 0 Å². The van der Waals surface area contributed by atoms with Crippen LogP contribution in [-0.2, 0) is 16.7 Å². The molecular weight excluding hydrogens is 178 g/mol. The molecule has 0 fully saturated rings. The third-order valence-electron chi connectivity index (χ3n) is 1.40. The van der Waals surface area contributed by atoms with Crippen LogP contribution in [0.1, 0.15) is 5.56 Å². The van der Waals surface area contributed by atoms with Crippen molar-refractivity contribution < 1.29 is 13.0 Å². The molecule has 12 heavy (non-hydrogen) atoms. The van der Waals surface area contributed by atoms with Crippen molar-refractivity contribution in [1.82, 2.24) is 5.73 Å². The van der Waals surface area contributed by atoms with E-state index in [1.807, 2.05) is 0 Å². The van der Waals surface area contributed by atoms with Gasteiger partial charge in [0.25, 0.3) is 10.1 Å². The van der Waals surface area contributed by atoms with Crippen LogP contribution < -0.4 is 5.73 Å². The molecule has 1 rings (SSSR count). The van der Waals surface area contributed by atoms with E-state index in [0.29, 0.717) is 5.56 Å². The quantitative estimate of drug-likeness (QED) is 0.691. The largest absolute Gasteiger partial charge is 0.294 e. The van der Waals surface area contributed by atoms with Crippen molar-refractivity contribution in [1.29, 1.82) is 0 Å². The number of hydrogen-bond acceptors (Lipinski definition) is 2. The first-order valence-electron chi connectivity index (χ1n) is 3.25. The van der Waals surface area contributed by atoms with E-state index in [-0.39, 0.29) is 11.4 Å². The van der Waals surface area contributed by atoms with Gasteiger partial charge in [-0.05, 0) is 17.7 Å². The van der Waals surface area contributed by atoms with Gasteiger partial charge in [-0.1, -0.05) is 12.1 Å². The summed E-state index contributed by atoms with van der Waals surface area (Å²) in [6.07, 6.45) is 0. The van der Waals surface area contributed by atoms with Gasteiger partial charge in [-0.2, -0.15) is 8.42 Å². The van der Waals surface area contributed by atoms with Crippen molar-refractivity contribution in [2.45, 2.75) is 11.4 Å². The zero-order valence-electron chi connectivity index (χ0n) is 6.19. The van der Waals surface area contributed by atoms with Gasteiger partial charge in [0.1, 0.15) is 0 Å². The average molecular weight is 186 g/mol. The fourth-order valence-corrected chi connectivity index (χ4v) is 1.37. The normalized spacial score (nSPS) is 11.5. The van der Waals surface area contributed by atoms with Gasteiger partial charge in [0.2, 0.25) is 0 Å². The first kappa shape index (κ1) is 9.18. The molecular formula is C7H8NO3S. The zero-order valence-corrected chi connectivity index (χ0v) is 7.00. The van der Waals surface area contributed by atoms with E-state index in [9.17, 15) is 8.42 Å². The lowest BCUT2D eigenvalue weighted by atomic mass is 10.2. The minimum Gasteiger partial charge on any atom is -0.282 e. The average Bonchev–Trinajstić information content (AvgIpc) is 2.03. The molecule has 0 saturated heterocycles. The molecule has 0 heterocycles. The van der Waals surface area contributed by atoms with E-state index < -0.39 is 10.1 Å². The fraction of sp³-hybridized carbons (Fsp3) is 0.143. The van der Waals surface area contributed by atoms with Crippen molar-refractivity contribution in [3.63, 3.8) is 0 Å². The van der Waals surface area contributed by atoms with Crippen molar-refractivity contribution in [2.75, 3.05) is 0 Å². The van der Waals surface area contributed by atoms with Crippen LogP contribution in [0.15, 0.2) is 29.2 Å². The van der Waals surface area contributed by atoms with Gasteiger partial charge in [-0.25, -0.2) is 0 Å².